The second-order valence-electron chi connectivity index (χ2n) is 6.62. The number of carbonyl (C=O) groups excluding carboxylic acids is 2. The first-order valence-electron chi connectivity index (χ1n) is 8.96. The van der Waals surface area contributed by atoms with Gasteiger partial charge in [0, 0.05) is 46.3 Å². The molecule has 1 saturated heterocycles. The summed E-state index contributed by atoms with van der Waals surface area (Å²) in [6, 6.07) is 0. The van der Waals surface area contributed by atoms with Gasteiger partial charge in [-0.05, 0) is 12.3 Å². The summed E-state index contributed by atoms with van der Waals surface area (Å²) >= 11 is 0. The molecule has 1 aliphatic heterocycles. The summed E-state index contributed by atoms with van der Waals surface area (Å²) in [6.07, 6.45) is 6.98. The molecule has 0 unspecified atom stereocenters. The Morgan fingerprint density at radius 2 is 1.62 bits per heavy atom. The van der Waals surface area contributed by atoms with Gasteiger partial charge in [-0.2, -0.15) is 0 Å². The number of rotatable bonds is 8. The number of amides is 2. The van der Waals surface area contributed by atoms with Gasteiger partial charge in [0.15, 0.2) is 0 Å². The molecule has 0 aromatic rings. The van der Waals surface area contributed by atoms with Crippen LogP contribution in [0.4, 0.5) is 0 Å². The standard InChI is InChI=1S/C17H31N3O3.ClH/c1-23-13-8-18-14-17(22)20-11-9-19(10-12-20)16(21)7-6-15-4-2-3-5-15;/h15,18H,2-14H2,1H3;1H. The van der Waals surface area contributed by atoms with Crippen LogP contribution in [-0.4, -0.2) is 74.6 Å². The van der Waals surface area contributed by atoms with Crippen LogP contribution in [0, 0.1) is 5.92 Å². The lowest BCUT2D eigenvalue weighted by Gasteiger charge is -2.35. The second kappa shape index (κ2) is 11.7. The van der Waals surface area contributed by atoms with E-state index >= 15 is 0 Å². The largest absolute Gasteiger partial charge is 0.383 e. The molecule has 0 aromatic carbocycles. The lowest BCUT2D eigenvalue weighted by Crippen LogP contribution is -2.52. The van der Waals surface area contributed by atoms with Crippen molar-refractivity contribution in [3.8, 4) is 0 Å². The van der Waals surface area contributed by atoms with Gasteiger partial charge in [0.1, 0.15) is 0 Å². The van der Waals surface area contributed by atoms with E-state index in [-0.39, 0.29) is 24.2 Å². The molecule has 24 heavy (non-hydrogen) atoms. The summed E-state index contributed by atoms with van der Waals surface area (Å²) in [5.74, 6) is 1.14. The van der Waals surface area contributed by atoms with E-state index in [1.165, 1.54) is 25.7 Å². The molecule has 0 aromatic heterocycles. The highest BCUT2D eigenvalue weighted by molar-refractivity contribution is 5.85. The number of hydrogen-bond donors (Lipinski definition) is 1. The summed E-state index contributed by atoms with van der Waals surface area (Å²) in [7, 11) is 1.65. The van der Waals surface area contributed by atoms with E-state index in [9.17, 15) is 9.59 Å². The van der Waals surface area contributed by atoms with Gasteiger partial charge in [0.2, 0.25) is 11.8 Å². The maximum Gasteiger partial charge on any atom is 0.236 e. The van der Waals surface area contributed by atoms with E-state index in [4.69, 9.17) is 4.74 Å². The average molecular weight is 362 g/mol. The summed E-state index contributed by atoms with van der Waals surface area (Å²) in [4.78, 5) is 28.1. The van der Waals surface area contributed by atoms with Crippen molar-refractivity contribution in [1.29, 1.82) is 0 Å². The third kappa shape index (κ3) is 6.95. The van der Waals surface area contributed by atoms with Crippen molar-refractivity contribution >= 4 is 24.2 Å². The van der Waals surface area contributed by atoms with Gasteiger partial charge in [0.05, 0.1) is 13.2 Å². The van der Waals surface area contributed by atoms with Crippen LogP contribution in [0.25, 0.3) is 0 Å². The van der Waals surface area contributed by atoms with Gasteiger partial charge < -0.3 is 19.9 Å². The van der Waals surface area contributed by atoms with E-state index < -0.39 is 0 Å². The van der Waals surface area contributed by atoms with Gasteiger partial charge in [-0.1, -0.05) is 25.7 Å². The van der Waals surface area contributed by atoms with E-state index in [2.05, 4.69) is 5.32 Å². The Morgan fingerprint density at radius 1 is 1.04 bits per heavy atom. The zero-order chi connectivity index (χ0) is 16.5. The Bertz CT molecular complexity index is 381. The van der Waals surface area contributed by atoms with Crippen LogP contribution >= 0.6 is 12.4 Å². The van der Waals surface area contributed by atoms with Crippen molar-refractivity contribution in [2.45, 2.75) is 38.5 Å². The molecule has 0 atom stereocenters. The molecule has 0 radical (unpaired) electrons. The van der Waals surface area contributed by atoms with Crippen molar-refractivity contribution in [2.75, 3.05) is 53.0 Å². The predicted molar refractivity (Wildman–Crippen MR) is 96.3 cm³/mol. The number of ether oxygens (including phenoxy) is 1. The normalized spacial score (nSPS) is 18.5. The number of halogens is 1. The zero-order valence-corrected chi connectivity index (χ0v) is 15.6. The third-order valence-electron chi connectivity index (χ3n) is 4.99. The smallest absolute Gasteiger partial charge is 0.236 e. The maximum atomic E-state index is 12.3. The molecule has 140 valence electrons. The highest BCUT2D eigenvalue weighted by atomic mass is 35.5. The lowest BCUT2D eigenvalue weighted by atomic mass is 10.0. The fourth-order valence-electron chi connectivity index (χ4n) is 3.47. The first-order chi connectivity index (χ1) is 11.2. The van der Waals surface area contributed by atoms with Gasteiger partial charge in [-0.3, -0.25) is 9.59 Å². The third-order valence-corrected chi connectivity index (χ3v) is 4.99. The van der Waals surface area contributed by atoms with Crippen LogP contribution < -0.4 is 5.32 Å². The molecule has 1 saturated carbocycles. The van der Waals surface area contributed by atoms with E-state index in [1.54, 1.807) is 7.11 Å². The fraction of sp³-hybridized carbons (Fsp3) is 0.882. The van der Waals surface area contributed by atoms with E-state index in [0.29, 0.717) is 52.3 Å². The minimum absolute atomic E-state index is 0. The van der Waals surface area contributed by atoms with Crippen LogP contribution in [0.5, 0.6) is 0 Å². The molecule has 0 spiro atoms. The van der Waals surface area contributed by atoms with Crippen LogP contribution in [0.2, 0.25) is 0 Å². The molecule has 1 heterocycles. The average Bonchev–Trinajstić information content (AvgIpc) is 3.10. The SMILES string of the molecule is COCCNCC(=O)N1CCN(C(=O)CCC2CCCC2)CC1.Cl. The summed E-state index contributed by atoms with van der Waals surface area (Å²) < 4.78 is 4.94. The van der Waals surface area contributed by atoms with E-state index in [1.807, 2.05) is 9.80 Å². The van der Waals surface area contributed by atoms with Gasteiger partial charge in [-0.25, -0.2) is 0 Å². The number of nitrogens with zero attached hydrogens (tertiary/aromatic N) is 2. The molecular weight excluding hydrogens is 330 g/mol. The van der Waals surface area contributed by atoms with Crippen molar-refractivity contribution < 1.29 is 14.3 Å². The number of piperazine rings is 1. The summed E-state index contributed by atoms with van der Waals surface area (Å²) in [5, 5.41) is 3.07. The minimum atomic E-state index is 0. The van der Waals surface area contributed by atoms with Crippen LogP contribution in [-0.2, 0) is 14.3 Å². The molecular formula is C17H32ClN3O3. The quantitative estimate of drug-likeness (QED) is 0.662. The molecule has 6 nitrogen and oxygen atoms in total. The monoisotopic (exact) mass is 361 g/mol. The Balaban J connectivity index is 0.00000288. The molecule has 2 amide bonds. The second-order valence-corrected chi connectivity index (χ2v) is 6.62. The van der Waals surface area contributed by atoms with Crippen LogP contribution in [0.1, 0.15) is 38.5 Å². The van der Waals surface area contributed by atoms with Crippen molar-refractivity contribution in [3.05, 3.63) is 0 Å². The predicted octanol–water partition coefficient (Wildman–Crippen LogP) is 1.29. The Hall–Kier alpha value is -0.850. The first-order valence-corrected chi connectivity index (χ1v) is 8.96. The summed E-state index contributed by atoms with van der Waals surface area (Å²) in [6.45, 7) is 4.29. The number of carbonyl (C=O) groups is 2. The highest BCUT2D eigenvalue weighted by Crippen LogP contribution is 2.28. The zero-order valence-electron chi connectivity index (χ0n) is 14.8. The summed E-state index contributed by atoms with van der Waals surface area (Å²) in [5.41, 5.74) is 0. The Morgan fingerprint density at radius 3 is 2.21 bits per heavy atom. The molecule has 2 fully saturated rings. The number of hydrogen-bond acceptors (Lipinski definition) is 4. The number of nitrogens with one attached hydrogen (secondary N) is 1. The Labute approximate surface area is 151 Å². The lowest BCUT2D eigenvalue weighted by molar-refractivity contribution is -0.139. The van der Waals surface area contributed by atoms with Crippen LogP contribution in [0.15, 0.2) is 0 Å². The first kappa shape index (κ1) is 21.2. The minimum Gasteiger partial charge on any atom is -0.383 e. The Kier molecular flexibility index (Phi) is 10.3. The highest BCUT2D eigenvalue weighted by Gasteiger charge is 2.24. The van der Waals surface area contributed by atoms with Crippen molar-refractivity contribution in [3.63, 3.8) is 0 Å². The molecule has 2 aliphatic rings. The van der Waals surface area contributed by atoms with E-state index in [0.717, 1.165) is 12.3 Å². The van der Waals surface area contributed by atoms with Crippen molar-refractivity contribution in [2.24, 2.45) is 5.92 Å². The van der Waals surface area contributed by atoms with Crippen molar-refractivity contribution in [1.82, 2.24) is 15.1 Å². The van der Waals surface area contributed by atoms with Crippen LogP contribution in [0.3, 0.4) is 0 Å². The molecule has 1 N–H and O–H groups in total. The molecule has 7 heteroatoms. The molecule has 2 rings (SSSR count). The van der Waals surface area contributed by atoms with Gasteiger partial charge >= 0.3 is 0 Å². The topological polar surface area (TPSA) is 61.9 Å². The molecule has 0 bridgehead atoms. The maximum absolute atomic E-state index is 12.3. The van der Waals surface area contributed by atoms with Gasteiger partial charge in [-0.15, -0.1) is 12.4 Å². The molecule has 1 aliphatic carbocycles. The fourth-order valence-corrected chi connectivity index (χ4v) is 3.47. The number of methoxy groups -OCH3 is 1. The van der Waals surface area contributed by atoms with Gasteiger partial charge in [0.25, 0.3) is 0 Å².